The summed E-state index contributed by atoms with van der Waals surface area (Å²) in [6, 6.07) is 15.8. The summed E-state index contributed by atoms with van der Waals surface area (Å²) < 4.78 is 5.39. The summed E-state index contributed by atoms with van der Waals surface area (Å²) in [5.74, 6) is 0.838. The van der Waals surface area contributed by atoms with Crippen molar-refractivity contribution in [2.45, 2.75) is 13.5 Å². The summed E-state index contributed by atoms with van der Waals surface area (Å²) >= 11 is 0. The standard InChI is InChI=1S/C18H17NO2/c1-12-10-15-16(4-3-5-17(15)21-2)19-18(12)14-8-6-13(11-20)7-9-14/h3-10,20H,11H2,1-2H3. The third-order valence-electron chi connectivity index (χ3n) is 3.64. The molecule has 2 aromatic carbocycles. The van der Waals surface area contributed by atoms with E-state index in [4.69, 9.17) is 14.8 Å². The summed E-state index contributed by atoms with van der Waals surface area (Å²) in [4.78, 5) is 4.77. The van der Waals surface area contributed by atoms with Gasteiger partial charge in [-0.25, -0.2) is 4.98 Å². The van der Waals surface area contributed by atoms with Gasteiger partial charge in [0, 0.05) is 10.9 Å². The largest absolute Gasteiger partial charge is 0.496 e. The minimum Gasteiger partial charge on any atom is -0.496 e. The monoisotopic (exact) mass is 279 g/mol. The Bertz CT molecular complexity index is 779. The molecular formula is C18H17NO2. The van der Waals surface area contributed by atoms with Crippen LogP contribution in [0.4, 0.5) is 0 Å². The third-order valence-corrected chi connectivity index (χ3v) is 3.64. The molecule has 106 valence electrons. The number of aryl methyl sites for hydroxylation is 1. The van der Waals surface area contributed by atoms with E-state index < -0.39 is 0 Å². The maximum Gasteiger partial charge on any atom is 0.128 e. The summed E-state index contributed by atoms with van der Waals surface area (Å²) in [7, 11) is 1.67. The molecule has 0 aliphatic heterocycles. The first-order chi connectivity index (χ1) is 10.2. The highest BCUT2D eigenvalue weighted by Gasteiger charge is 2.09. The number of benzene rings is 2. The van der Waals surface area contributed by atoms with Gasteiger partial charge in [0.2, 0.25) is 0 Å². The zero-order valence-corrected chi connectivity index (χ0v) is 12.1. The smallest absolute Gasteiger partial charge is 0.128 e. The topological polar surface area (TPSA) is 42.4 Å². The number of aliphatic hydroxyl groups is 1. The number of ether oxygens (including phenoxy) is 1. The van der Waals surface area contributed by atoms with Gasteiger partial charge in [-0.2, -0.15) is 0 Å². The highest BCUT2D eigenvalue weighted by molar-refractivity contribution is 5.88. The quantitative estimate of drug-likeness (QED) is 0.794. The molecule has 0 amide bonds. The summed E-state index contributed by atoms with van der Waals surface area (Å²) in [6.45, 7) is 2.11. The lowest BCUT2D eigenvalue weighted by molar-refractivity contribution is 0.282. The molecule has 3 nitrogen and oxygen atoms in total. The zero-order valence-electron chi connectivity index (χ0n) is 12.1. The number of hydrogen-bond donors (Lipinski definition) is 1. The Kier molecular flexibility index (Phi) is 3.59. The number of aromatic nitrogens is 1. The first kappa shape index (κ1) is 13.6. The number of hydrogen-bond acceptors (Lipinski definition) is 3. The molecule has 0 radical (unpaired) electrons. The van der Waals surface area contributed by atoms with Gasteiger partial charge in [-0.1, -0.05) is 30.3 Å². The molecule has 0 aliphatic rings. The molecule has 3 aromatic rings. The lowest BCUT2D eigenvalue weighted by atomic mass is 10.0. The van der Waals surface area contributed by atoms with Gasteiger partial charge in [0.1, 0.15) is 5.75 Å². The van der Waals surface area contributed by atoms with E-state index >= 15 is 0 Å². The molecule has 1 N–H and O–H groups in total. The highest BCUT2D eigenvalue weighted by Crippen LogP contribution is 2.30. The summed E-state index contributed by atoms with van der Waals surface area (Å²) in [5.41, 5.74) is 4.93. The van der Waals surface area contributed by atoms with Gasteiger partial charge in [0.25, 0.3) is 0 Å². The van der Waals surface area contributed by atoms with Crippen molar-refractivity contribution in [1.82, 2.24) is 4.98 Å². The van der Waals surface area contributed by atoms with Crippen LogP contribution in [0.25, 0.3) is 22.2 Å². The SMILES string of the molecule is COc1cccc2nc(-c3ccc(CO)cc3)c(C)cc12. The van der Waals surface area contributed by atoms with E-state index in [1.54, 1.807) is 7.11 Å². The molecule has 0 fully saturated rings. The zero-order chi connectivity index (χ0) is 14.8. The molecule has 3 heteroatoms. The Hall–Kier alpha value is -2.39. The minimum absolute atomic E-state index is 0.0572. The third kappa shape index (κ3) is 2.48. The van der Waals surface area contributed by atoms with Crippen LogP contribution in [-0.2, 0) is 6.61 Å². The predicted octanol–water partition coefficient (Wildman–Crippen LogP) is 3.71. The van der Waals surface area contributed by atoms with Crippen molar-refractivity contribution in [3.8, 4) is 17.0 Å². The van der Waals surface area contributed by atoms with Crippen LogP contribution in [0.2, 0.25) is 0 Å². The molecule has 0 unspecified atom stereocenters. The van der Waals surface area contributed by atoms with Crippen molar-refractivity contribution in [1.29, 1.82) is 0 Å². The normalized spacial score (nSPS) is 10.8. The van der Waals surface area contributed by atoms with Gasteiger partial charge in [0.05, 0.1) is 24.9 Å². The van der Waals surface area contributed by atoms with Crippen molar-refractivity contribution in [2.24, 2.45) is 0 Å². The fraction of sp³-hybridized carbons (Fsp3) is 0.167. The van der Waals surface area contributed by atoms with Crippen LogP contribution in [0, 0.1) is 6.92 Å². The second-order valence-corrected chi connectivity index (χ2v) is 5.04. The van der Waals surface area contributed by atoms with Gasteiger partial charge in [-0.05, 0) is 36.2 Å². The number of aliphatic hydroxyl groups excluding tert-OH is 1. The number of nitrogens with zero attached hydrogens (tertiary/aromatic N) is 1. The molecule has 21 heavy (non-hydrogen) atoms. The van der Waals surface area contributed by atoms with Crippen LogP contribution in [0.15, 0.2) is 48.5 Å². The second kappa shape index (κ2) is 5.54. The Morgan fingerprint density at radius 3 is 2.52 bits per heavy atom. The molecule has 0 aliphatic carbocycles. The summed E-state index contributed by atoms with van der Waals surface area (Å²) in [6.07, 6.45) is 0. The van der Waals surface area contributed by atoms with Crippen LogP contribution >= 0.6 is 0 Å². The second-order valence-electron chi connectivity index (χ2n) is 5.04. The van der Waals surface area contributed by atoms with Crippen molar-refractivity contribution in [3.63, 3.8) is 0 Å². The van der Waals surface area contributed by atoms with Crippen LogP contribution in [0.3, 0.4) is 0 Å². The Morgan fingerprint density at radius 2 is 1.86 bits per heavy atom. The molecule has 0 saturated heterocycles. The Balaban J connectivity index is 2.16. The van der Waals surface area contributed by atoms with Crippen LogP contribution in [-0.4, -0.2) is 17.2 Å². The highest BCUT2D eigenvalue weighted by atomic mass is 16.5. The number of methoxy groups -OCH3 is 1. The average molecular weight is 279 g/mol. The minimum atomic E-state index is 0.0572. The van der Waals surface area contributed by atoms with E-state index in [-0.39, 0.29) is 6.61 Å². The van der Waals surface area contributed by atoms with Crippen molar-refractivity contribution >= 4 is 10.9 Å². The van der Waals surface area contributed by atoms with Crippen LogP contribution < -0.4 is 4.74 Å². The van der Waals surface area contributed by atoms with E-state index in [2.05, 4.69) is 6.07 Å². The predicted molar refractivity (Wildman–Crippen MR) is 84.4 cm³/mol. The van der Waals surface area contributed by atoms with Gasteiger partial charge < -0.3 is 9.84 Å². The first-order valence-corrected chi connectivity index (χ1v) is 6.87. The van der Waals surface area contributed by atoms with Crippen LogP contribution in [0.1, 0.15) is 11.1 Å². The van der Waals surface area contributed by atoms with Crippen molar-refractivity contribution < 1.29 is 9.84 Å². The maximum atomic E-state index is 9.12. The van der Waals surface area contributed by atoms with Gasteiger partial charge in [-0.3, -0.25) is 0 Å². The average Bonchev–Trinajstić information content (AvgIpc) is 2.54. The van der Waals surface area contributed by atoms with E-state index in [0.29, 0.717) is 0 Å². The number of pyridine rings is 1. The van der Waals surface area contributed by atoms with E-state index in [9.17, 15) is 0 Å². The lowest BCUT2D eigenvalue weighted by Gasteiger charge is -2.10. The Labute approximate surface area is 123 Å². The maximum absolute atomic E-state index is 9.12. The number of rotatable bonds is 3. The lowest BCUT2D eigenvalue weighted by Crippen LogP contribution is -1.93. The van der Waals surface area contributed by atoms with Crippen LogP contribution in [0.5, 0.6) is 5.75 Å². The van der Waals surface area contributed by atoms with E-state index in [0.717, 1.165) is 39.0 Å². The van der Waals surface area contributed by atoms with Crippen molar-refractivity contribution in [3.05, 3.63) is 59.7 Å². The molecule has 0 atom stereocenters. The molecular weight excluding hydrogens is 262 g/mol. The van der Waals surface area contributed by atoms with E-state index in [1.165, 1.54) is 0 Å². The van der Waals surface area contributed by atoms with Gasteiger partial charge in [-0.15, -0.1) is 0 Å². The Morgan fingerprint density at radius 1 is 1.10 bits per heavy atom. The molecule has 0 spiro atoms. The fourth-order valence-electron chi connectivity index (χ4n) is 2.51. The fourth-order valence-corrected chi connectivity index (χ4v) is 2.51. The molecule has 0 saturated carbocycles. The molecule has 1 aromatic heterocycles. The summed E-state index contributed by atoms with van der Waals surface area (Å²) in [5, 5.41) is 10.1. The molecule has 3 rings (SSSR count). The van der Waals surface area contributed by atoms with Crippen molar-refractivity contribution in [2.75, 3.05) is 7.11 Å². The number of fused-ring (bicyclic) bond motifs is 1. The molecule has 1 heterocycles. The van der Waals surface area contributed by atoms with E-state index in [1.807, 2.05) is 49.4 Å². The van der Waals surface area contributed by atoms with Gasteiger partial charge >= 0.3 is 0 Å². The van der Waals surface area contributed by atoms with Gasteiger partial charge in [0.15, 0.2) is 0 Å². The first-order valence-electron chi connectivity index (χ1n) is 6.87. The molecule has 0 bridgehead atoms.